The van der Waals surface area contributed by atoms with Crippen LogP contribution in [0.1, 0.15) is 284 Å². The summed E-state index contributed by atoms with van der Waals surface area (Å²) < 4.78 is 23.7. The van der Waals surface area contributed by atoms with Crippen molar-refractivity contribution in [3.8, 4) is 0 Å². The third kappa shape index (κ3) is 54.2. The molecule has 0 saturated carbocycles. The third-order valence-electron chi connectivity index (χ3n) is 13.6. The fraction of sp³-hybridized carbons (Fsp3) is 0.852. The number of likely N-dealkylation sites (N-methyl/N-ethyl adjacent to an activating group) is 1. The second kappa shape index (κ2) is 52.3. The molecule has 9 heteroatoms. The number of phosphoric ester groups is 1. The molecule has 3 N–H and O–H groups in total. The monoisotopic (exact) mass is 1010 g/mol. The van der Waals surface area contributed by atoms with Crippen LogP contribution in [0.15, 0.2) is 48.6 Å². The number of hydrogen-bond acceptors (Lipinski definition) is 5. The topological polar surface area (TPSA) is 105 Å². The van der Waals surface area contributed by atoms with E-state index in [0.29, 0.717) is 23.9 Å². The van der Waals surface area contributed by atoms with E-state index in [4.69, 9.17) is 9.05 Å². The van der Waals surface area contributed by atoms with Crippen molar-refractivity contribution in [2.24, 2.45) is 0 Å². The largest absolute Gasteiger partial charge is 0.472 e. The van der Waals surface area contributed by atoms with E-state index in [0.717, 1.165) is 64.2 Å². The molecule has 0 spiro atoms. The average molecular weight is 1010 g/mol. The first-order valence-corrected chi connectivity index (χ1v) is 31.5. The van der Waals surface area contributed by atoms with Gasteiger partial charge in [-0.2, -0.15) is 0 Å². The maximum absolute atomic E-state index is 13.0. The van der Waals surface area contributed by atoms with E-state index in [1.54, 1.807) is 0 Å². The zero-order chi connectivity index (χ0) is 51.3. The highest BCUT2D eigenvalue weighted by atomic mass is 31.2. The number of hydrogen-bond donors (Lipinski definition) is 3. The molecule has 0 aliphatic carbocycles. The Labute approximate surface area is 435 Å². The molecule has 0 aromatic heterocycles. The van der Waals surface area contributed by atoms with Crippen LogP contribution < -0.4 is 5.32 Å². The number of nitrogens with zero attached hydrogens (tertiary/aromatic N) is 1. The lowest BCUT2D eigenvalue weighted by atomic mass is 10.0. The van der Waals surface area contributed by atoms with E-state index >= 15 is 0 Å². The quantitative estimate of drug-likeness (QED) is 0.0243. The van der Waals surface area contributed by atoms with Crippen molar-refractivity contribution in [3.05, 3.63) is 48.6 Å². The molecule has 3 unspecified atom stereocenters. The molecule has 0 aliphatic rings. The summed E-state index contributed by atoms with van der Waals surface area (Å²) in [7, 11) is 1.62. The zero-order valence-corrected chi connectivity index (χ0v) is 47.9. The van der Waals surface area contributed by atoms with Crippen LogP contribution >= 0.6 is 7.82 Å². The lowest BCUT2D eigenvalue weighted by Gasteiger charge is -2.26. The van der Waals surface area contributed by atoms with E-state index in [-0.39, 0.29) is 19.1 Å². The summed E-state index contributed by atoms with van der Waals surface area (Å²) >= 11 is 0. The number of amides is 1. The summed E-state index contributed by atoms with van der Waals surface area (Å²) in [6, 6.07) is -0.757. The van der Waals surface area contributed by atoms with Crippen LogP contribution in [0.2, 0.25) is 0 Å². The van der Waals surface area contributed by atoms with Gasteiger partial charge in [-0.25, -0.2) is 4.57 Å². The van der Waals surface area contributed by atoms with Crippen molar-refractivity contribution in [2.75, 3.05) is 40.9 Å². The molecular formula is C61H118N2O6P+. The molecule has 0 aromatic rings. The first-order chi connectivity index (χ1) is 34.0. The van der Waals surface area contributed by atoms with E-state index < -0.39 is 20.0 Å². The van der Waals surface area contributed by atoms with Crippen molar-refractivity contribution in [2.45, 2.75) is 296 Å². The average Bonchev–Trinajstić information content (AvgIpc) is 3.32. The van der Waals surface area contributed by atoms with Crippen molar-refractivity contribution in [3.63, 3.8) is 0 Å². The number of nitrogens with one attached hydrogen (secondary N) is 1. The molecule has 0 saturated heterocycles. The lowest BCUT2D eigenvalue weighted by Crippen LogP contribution is -2.46. The SMILES string of the molecule is CC/C=C\C/C=C\C/C=C\C/C=C\CCCCCCCCCCCCCCCCCCCCCCCCCCC(=O)NC(COP(=O)(O)OCC[N+](C)(C)C)C(O)CCCCCCCCCCCCC. The number of carbonyl (C=O) groups is 1. The van der Waals surface area contributed by atoms with Crippen LogP contribution in [0.4, 0.5) is 0 Å². The molecule has 0 fully saturated rings. The fourth-order valence-electron chi connectivity index (χ4n) is 8.92. The Morgan fingerprint density at radius 1 is 0.500 bits per heavy atom. The number of carbonyl (C=O) groups excluding carboxylic acids is 1. The Hall–Kier alpha value is -1.54. The van der Waals surface area contributed by atoms with Crippen molar-refractivity contribution >= 4 is 13.7 Å². The zero-order valence-electron chi connectivity index (χ0n) is 47.0. The number of allylic oxidation sites excluding steroid dienone is 8. The molecule has 0 radical (unpaired) electrons. The first kappa shape index (κ1) is 68.5. The standard InChI is InChI=1S/C61H117N2O6P/c1-6-8-10-12-14-16-18-19-20-21-22-23-24-25-26-27-28-29-30-31-32-33-34-35-36-37-38-39-40-41-42-43-45-47-49-51-53-55-61(65)62-59(58-69-70(66,67)68-57-56-63(3,4)5)60(64)54-52-50-48-46-44-17-15-13-11-9-7-2/h8,10,14,16,19-20,22-23,59-60,64H,6-7,9,11-13,15,17-18,21,24-58H2,1-5H3,(H-,62,65,66,67)/p+1/b10-8-,16-14-,20-19-,23-22-. The van der Waals surface area contributed by atoms with Crippen LogP contribution in [-0.2, 0) is 18.4 Å². The molecule has 0 aliphatic heterocycles. The number of unbranched alkanes of at least 4 members (excludes halogenated alkanes) is 34. The smallest absolute Gasteiger partial charge is 0.391 e. The second-order valence-corrected chi connectivity index (χ2v) is 23.2. The van der Waals surface area contributed by atoms with Crippen LogP contribution in [0.25, 0.3) is 0 Å². The Morgan fingerprint density at radius 3 is 1.26 bits per heavy atom. The van der Waals surface area contributed by atoms with Gasteiger partial charge in [0.1, 0.15) is 13.2 Å². The number of rotatable bonds is 55. The Morgan fingerprint density at radius 2 is 0.857 bits per heavy atom. The summed E-state index contributed by atoms with van der Waals surface area (Å²) in [4.78, 5) is 23.3. The lowest BCUT2D eigenvalue weighted by molar-refractivity contribution is -0.870. The highest BCUT2D eigenvalue weighted by Crippen LogP contribution is 2.43. The highest BCUT2D eigenvalue weighted by molar-refractivity contribution is 7.47. The van der Waals surface area contributed by atoms with Gasteiger partial charge in [-0.1, -0.05) is 274 Å². The van der Waals surface area contributed by atoms with Gasteiger partial charge in [0.2, 0.25) is 5.91 Å². The summed E-state index contributed by atoms with van der Waals surface area (Å²) in [5.41, 5.74) is 0. The minimum absolute atomic E-state index is 0.0762. The summed E-state index contributed by atoms with van der Waals surface area (Å²) in [5.74, 6) is -0.141. The fourth-order valence-corrected chi connectivity index (χ4v) is 9.66. The van der Waals surface area contributed by atoms with E-state index in [9.17, 15) is 19.4 Å². The van der Waals surface area contributed by atoms with Crippen molar-refractivity contribution in [1.82, 2.24) is 5.32 Å². The highest BCUT2D eigenvalue weighted by Gasteiger charge is 2.28. The molecule has 0 aromatic carbocycles. The van der Waals surface area contributed by atoms with Crippen LogP contribution in [0.5, 0.6) is 0 Å². The predicted molar refractivity (Wildman–Crippen MR) is 304 cm³/mol. The molecule has 412 valence electrons. The second-order valence-electron chi connectivity index (χ2n) is 21.7. The Kier molecular flexibility index (Phi) is 51.2. The van der Waals surface area contributed by atoms with Gasteiger partial charge in [0.05, 0.1) is 39.9 Å². The van der Waals surface area contributed by atoms with Gasteiger partial charge in [-0.15, -0.1) is 0 Å². The first-order valence-electron chi connectivity index (χ1n) is 30.0. The summed E-state index contributed by atoms with van der Waals surface area (Å²) in [5, 5.41) is 14.0. The molecule has 1 amide bonds. The normalized spacial score (nSPS) is 14.2. The molecule has 70 heavy (non-hydrogen) atoms. The molecule has 3 atom stereocenters. The number of aliphatic hydroxyl groups is 1. The van der Waals surface area contributed by atoms with Crippen molar-refractivity contribution < 1.29 is 32.9 Å². The number of phosphoric acid groups is 1. The minimum atomic E-state index is -4.31. The third-order valence-corrected chi connectivity index (χ3v) is 14.6. The van der Waals surface area contributed by atoms with Gasteiger partial charge in [-0.3, -0.25) is 13.8 Å². The molecule has 8 nitrogen and oxygen atoms in total. The van der Waals surface area contributed by atoms with Gasteiger partial charge in [0.15, 0.2) is 0 Å². The van der Waals surface area contributed by atoms with Crippen LogP contribution in [0.3, 0.4) is 0 Å². The van der Waals surface area contributed by atoms with E-state index in [1.807, 2.05) is 21.1 Å². The van der Waals surface area contributed by atoms with Gasteiger partial charge in [0.25, 0.3) is 0 Å². The molecule has 0 heterocycles. The van der Waals surface area contributed by atoms with Gasteiger partial charge in [0, 0.05) is 6.42 Å². The van der Waals surface area contributed by atoms with E-state index in [1.165, 1.54) is 193 Å². The van der Waals surface area contributed by atoms with Gasteiger partial charge < -0.3 is 19.8 Å². The number of aliphatic hydroxyl groups excluding tert-OH is 1. The number of quaternary nitrogens is 1. The molecular weight excluding hydrogens is 888 g/mol. The maximum Gasteiger partial charge on any atom is 0.472 e. The Bertz CT molecular complexity index is 1280. The summed E-state index contributed by atoms with van der Waals surface area (Å²) in [6.45, 7) is 4.79. The van der Waals surface area contributed by atoms with Crippen LogP contribution in [0, 0.1) is 0 Å². The maximum atomic E-state index is 13.0. The van der Waals surface area contributed by atoms with E-state index in [2.05, 4.69) is 67.8 Å². The van der Waals surface area contributed by atoms with Gasteiger partial charge in [-0.05, 0) is 51.4 Å². The molecule has 0 rings (SSSR count). The Balaban J connectivity index is 3.85. The van der Waals surface area contributed by atoms with Crippen molar-refractivity contribution in [1.29, 1.82) is 0 Å². The molecule has 0 bridgehead atoms. The predicted octanol–water partition coefficient (Wildman–Crippen LogP) is 18.3. The summed E-state index contributed by atoms with van der Waals surface area (Å²) in [6.07, 6.45) is 69.2. The van der Waals surface area contributed by atoms with Gasteiger partial charge >= 0.3 is 7.82 Å². The van der Waals surface area contributed by atoms with Crippen LogP contribution in [-0.4, -0.2) is 73.4 Å². The minimum Gasteiger partial charge on any atom is -0.391 e.